The third-order valence-electron chi connectivity index (χ3n) is 7.72. The molecule has 0 bridgehead atoms. The number of halogens is 2. The van der Waals surface area contributed by atoms with Crippen LogP contribution in [0.1, 0.15) is 58.4 Å². The molecular formula is C33H36Cl2N4O5. The van der Waals surface area contributed by atoms with Crippen LogP contribution < -0.4 is 20.9 Å². The standard InChI is InChI=1S/C33H36Cl2N4O5/c1-39(28-14-7-6-11-24(28)30(40)36-20-22-9-4-3-5-10-22)33(43)38-27(32(42)44-2)19-21-15-17-23(18-16-21)37-31(41)29-25(34)12-8-13-26(29)35/h6-8,11-18,22,27H,3-5,9-10,19-20H2,1-2H3,(H,36,40)(H,37,41)(H,38,43)/t27-/m0/s1. The lowest BCUT2D eigenvalue weighted by molar-refractivity contribution is -0.142. The molecule has 3 aromatic carbocycles. The summed E-state index contributed by atoms with van der Waals surface area (Å²) >= 11 is 12.3. The van der Waals surface area contributed by atoms with Crippen molar-refractivity contribution < 1.29 is 23.9 Å². The number of nitrogens with one attached hydrogen (secondary N) is 3. The number of hydrogen-bond acceptors (Lipinski definition) is 5. The van der Waals surface area contributed by atoms with Gasteiger partial charge in [-0.15, -0.1) is 0 Å². The van der Waals surface area contributed by atoms with Crippen LogP contribution in [-0.4, -0.2) is 50.6 Å². The first-order valence-corrected chi connectivity index (χ1v) is 15.3. The van der Waals surface area contributed by atoms with Gasteiger partial charge in [-0.1, -0.05) is 72.8 Å². The Balaban J connectivity index is 1.40. The van der Waals surface area contributed by atoms with Crippen LogP contribution in [-0.2, 0) is 16.0 Å². The molecule has 1 aliphatic rings. The summed E-state index contributed by atoms with van der Waals surface area (Å²) in [6, 6.07) is 16.9. The van der Waals surface area contributed by atoms with E-state index in [9.17, 15) is 19.2 Å². The normalized spacial score (nSPS) is 13.8. The van der Waals surface area contributed by atoms with Crippen LogP contribution in [0, 0.1) is 5.92 Å². The summed E-state index contributed by atoms with van der Waals surface area (Å²) in [5, 5.41) is 8.97. The van der Waals surface area contributed by atoms with E-state index < -0.39 is 23.9 Å². The van der Waals surface area contributed by atoms with Gasteiger partial charge >= 0.3 is 12.0 Å². The molecule has 232 valence electrons. The van der Waals surface area contributed by atoms with Crippen molar-refractivity contribution in [2.75, 3.05) is 30.9 Å². The molecule has 0 aromatic heterocycles. The maximum absolute atomic E-state index is 13.3. The number of urea groups is 1. The molecule has 0 heterocycles. The zero-order valence-corrected chi connectivity index (χ0v) is 26.2. The van der Waals surface area contributed by atoms with Crippen molar-refractivity contribution in [3.05, 3.63) is 93.5 Å². The molecule has 1 atom stereocenters. The number of ether oxygens (including phenoxy) is 1. The molecule has 0 aliphatic heterocycles. The van der Waals surface area contributed by atoms with E-state index in [4.69, 9.17) is 27.9 Å². The summed E-state index contributed by atoms with van der Waals surface area (Å²) in [6.07, 6.45) is 5.94. The Kier molecular flexibility index (Phi) is 11.6. The van der Waals surface area contributed by atoms with Crippen molar-refractivity contribution >= 4 is 58.4 Å². The second kappa shape index (κ2) is 15.6. The lowest BCUT2D eigenvalue weighted by Gasteiger charge is -2.25. The fraction of sp³-hybridized carbons (Fsp3) is 0.333. The Morgan fingerprint density at radius 1 is 0.886 bits per heavy atom. The Bertz CT molecular complexity index is 1470. The van der Waals surface area contributed by atoms with Crippen LogP contribution in [0.15, 0.2) is 66.7 Å². The molecule has 1 aliphatic carbocycles. The molecule has 0 radical (unpaired) electrons. The van der Waals surface area contributed by atoms with Gasteiger partial charge in [-0.2, -0.15) is 0 Å². The summed E-state index contributed by atoms with van der Waals surface area (Å²) < 4.78 is 4.95. The van der Waals surface area contributed by atoms with E-state index in [1.165, 1.54) is 31.3 Å². The Morgan fingerprint density at radius 3 is 2.20 bits per heavy atom. The Labute approximate surface area is 267 Å². The quantitative estimate of drug-likeness (QED) is 0.220. The van der Waals surface area contributed by atoms with E-state index in [1.54, 1.807) is 73.8 Å². The van der Waals surface area contributed by atoms with Crippen LogP contribution in [0.5, 0.6) is 0 Å². The summed E-state index contributed by atoms with van der Waals surface area (Å²) in [4.78, 5) is 53.1. The second-order valence-corrected chi connectivity index (χ2v) is 11.6. The van der Waals surface area contributed by atoms with Crippen LogP contribution in [0.25, 0.3) is 0 Å². The zero-order chi connectivity index (χ0) is 31.6. The highest BCUT2D eigenvalue weighted by molar-refractivity contribution is 6.40. The Hall–Kier alpha value is -4.08. The van der Waals surface area contributed by atoms with Gasteiger partial charge < -0.3 is 20.7 Å². The minimum absolute atomic E-state index is 0.125. The van der Waals surface area contributed by atoms with E-state index in [1.807, 2.05) is 0 Å². The molecule has 4 amide bonds. The molecule has 1 saturated carbocycles. The lowest BCUT2D eigenvalue weighted by Crippen LogP contribution is -2.48. The molecule has 0 saturated heterocycles. The van der Waals surface area contributed by atoms with E-state index >= 15 is 0 Å². The molecule has 44 heavy (non-hydrogen) atoms. The van der Waals surface area contributed by atoms with Crippen molar-refractivity contribution in [2.24, 2.45) is 5.92 Å². The maximum Gasteiger partial charge on any atom is 0.328 e. The first-order valence-electron chi connectivity index (χ1n) is 14.5. The highest BCUT2D eigenvalue weighted by atomic mass is 35.5. The molecule has 1 fully saturated rings. The molecular weight excluding hydrogens is 603 g/mol. The Morgan fingerprint density at radius 2 is 1.55 bits per heavy atom. The number of esters is 1. The fourth-order valence-electron chi connectivity index (χ4n) is 5.24. The highest BCUT2D eigenvalue weighted by Gasteiger charge is 2.26. The number of nitrogens with zero attached hydrogens (tertiary/aromatic N) is 1. The van der Waals surface area contributed by atoms with Crippen molar-refractivity contribution in [3.8, 4) is 0 Å². The van der Waals surface area contributed by atoms with E-state index in [0.29, 0.717) is 35.0 Å². The molecule has 0 unspecified atom stereocenters. The van der Waals surface area contributed by atoms with Crippen LogP contribution in [0.4, 0.5) is 16.2 Å². The van der Waals surface area contributed by atoms with Gasteiger partial charge in [0.05, 0.1) is 34.0 Å². The van der Waals surface area contributed by atoms with Gasteiger partial charge in [-0.05, 0) is 60.7 Å². The predicted molar refractivity (Wildman–Crippen MR) is 173 cm³/mol. The minimum Gasteiger partial charge on any atom is -0.467 e. The van der Waals surface area contributed by atoms with Gasteiger partial charge in [0.2, 0.25) is 0 Å². The van der Waals surface area contributed by atoms with Crippen molar-refractivity contribution in [1.29, 1.82) is 0 Å². The monoisotopic (exact) mass is 638 g/mol. The smallest absolute Gasteiger partial charge is 0.328 e. The molecule has 9 nitrogen and oxygen atoms in total. The number of methoxy groups -OCH3 is 1. The number of para-hydroxylation sites is 1. The number of benzene rings is 3. The second-order valence-electron chi connectivity index (χ2n) is 10.8. The van der Waals surface area contributed by atoms with Gasteiger partial charge in [0.1, 0.15) is 6.04 Å². The van der Waals surface area contributed by atoms with E-state index in [2.05, 4.69) is 16.0 Å². The minimum atomic E-state index is -1.01. The lowest BCUT2D eigenvalue weighted by atomic mass is 9.89. The summed E-state index contributed by atoms with van der Waals surface area (Å²) in [6.45, 7) is 0.601. The molecule has 3 aromatic rings. The largest absolute Gasteiger partial charge is 0.467 e. The predicted octanol–water partition coefficient (Wildman–Crippen LogP) is 6.49. The fourth-order valence-corrected chi connectivity index (χ4v) is 5.81. The average Bonchev–Trinajstić information content (AvgIpc) is 3.03. The summed E-state index contributed by atoms with van der Waals surface area (Å²) in [5.41, 5.74) is 2.15. The first kappa shape index (κ1) is 32.8. The first-order chi connectivity index (χ1) is 21.2. The van der Waals surface area contributed by atoms with Gasteiger partial charge in [0.25, 0.3) is 11.8 Å². The van der Waals surface area contributed by atoms with Gasteiger partial charge in [0, 0.05) is 25.7 Å². The van der Waals surface area contributed by atoms with Crippen molar-refractivity contribution in [2.45, 2.75) is 44.6 Å². The number of amides is 4. The summed E-state index contributed by atoms with van der Waals surface area (Å²) in [5.74, 6) is -0.873. The number of carbonyl (C=O) groups excluding carboxylic acids is 4. The number of hydrogen-bond donors (Lipinski definition) is 3. The van der Waals surface area contributed by atoms with Crippen LogP contribution >= 0.6 is 23.2 Å². The van der Waals surface area contributed by atoms with Gasteiger partial charge in [-0.25, -0.2) is 9.59 Å². The molecule has 4 rings (SSSR count). The third-order valence-corrected chi connectivity index (χ3v) is 8.35. The highest BCUT2D eigenvalue weighted by Crippen LogP contribution is 2.26. The average molecular weight is 640 g/mol. The van der Waals surface area contributed by atoms with Crippen LogP contribution in [0.2, 0.25) is 10.0 Å². The number of anilines is 2. The van der Waals surface area contributed by atoms with Gasteiger partial charge in [0.15, 0.2) is 0 Å². The van der Waals surface area contributed by atoms with E-state index in [0.717, 1.165) is 12.8 Å². The van der Waals surface area contributed by atoms with Crippen LogP contribution in [0.3, 0.4) is 0 Å². The maximum atomic E-state index is 13.3. The summed E-state index contributed by atoms with van der Waals surface area (Å²) in [7, 11) is 2.79. The molecule has 0 spiro atoms. The van der Waals surface area contributed by atoms with Gasteiger partial charge in [-0.3, -0.25) is 14.5 Å². The third kappa shape index (κ3) is 8.51. The van der Waals surface area contributed by atoms with Crippen molar-refractivity contribution in [3.63, 3.8) is 0 Å². The van der Waals surface area contributed by atoms with Crippen molar-refractivity contribution in [1.82, 2.24) is 10.6 Å². The molecule has 3 N–H and O–H groups in total. The number of rotatable bonds is 10. The number of carbonyl (C=O) groups is 4. The topological polar surface area (TPSA) is 117 Å². The SMILES string of the molecule is COC(=O)[C@H](Cc1ccc(NC(=O)c2c(Cl)cccc2Cl)cc1)NC(=O)N(C)c1ccccc1C(=O)NCC1CCCCC1. The van der Waals surface area contributed by atoms with E-state index in [-0.39, 0.29) is 27.9 Å². The zero-order valence-electron chi connectivity index (χ0n) is 24.7. The molecule has 11 heteroatoms.